The summed E-state index contributed by atoms with van der Waals surface area (Å²) in [5, 5.41) is 11.0. The highest BCUT2D eigenvalue weighted by atomic mass is 32.2. The van der Waals surface area contributed by atoms with Crippen LogP contribution in [0.4, 0.5) is 5.69 Å². The lowest BCUT2D eigenvalue weighted by Gasteiger charge is -2.22. The molecule has 1 aromatic carbocycles. The van der Waals surface area contributed by atoms with Crippen molar-refractivity contribution < 1.29 is 13.3 Å². The minimum atomic E-state index is -3.72. The van der Waals surface area contributed by atoms with Gasteiger partial charge in [-0.3, -0.25) is 10.1 Å². The van der Waals surface area contributed by atoms with Gasteiger partial charge in [0.05, 0.1) is 9.82 Å². The fraction of sp³-hybridized carbons (Fsp3) is 0.538. The molecule has 8 heteroatoms. The van der Waals surface area contributed by atoms with E-state index in [-0.39, 0.29) is 16.0 Å². The molecule has 1 fully saturated rings. The van der Waals surface area contributed by atoms with E-state index in [1.165, 1.54) is 16.4 Å². The lowest BCUT2D eigenvalue weighted by atomic mass is 9.90. The summed E-state index contributed by atoms with van der Waals surface area (Å²) in [6, 6.07) is 4.00. The highest BCUT2D eigenvalue weighted by Gasteiger charge is 2.39. The maximum absolute atomic E-state index is 12.6. The number of nitro benzene ring substituents is 1. The lowest BCUT2D eigenvalue weighted by Crippen LogP contribution is -2.34. The predicted octanol–water partition coefficient (Wildman–Crippen LogP) is 1.26. The Morgan fingerprint density at radius 3 is 2.67 bits per heavy atom. The zero-order valence-electron chi connectivity index (χ0n) is 12.1. The molecule has 0 amide bonds. The van der Waals surface area contributed by atoms with Crippen molar-refractivity contribution in [2.45, 2.75) is 25.2 Å². The second-order valence-electron chi connectivity index (χ2n) is 5.81. The molecule has 2 rings (SSSR count). The summed E-state index contributed by atoms with van der Waals surface area (Å²) in [5.74, 6) is 0. The van der Waals surface area contributed by atoms with Crippen LogP contribution in [0.5, 0.6) is 0 Å². The van der Waals surface area contributed by atoms with Gasteiger partial charge in [0.1, 0.15) is 0 Å². The van der Waals surface area contributed by atoms with Crippen LogP contribution in [-0.4, -0.2) is 37.3 Å². The molecular formula is C13H19N3O4S. The van der Waals surface area contributed by atoms with Crippen molar-refractivity contribution in [2.24, 2.45) is 11.1 Å². The zero-order valence-corrected chi connectivity index (χ0v) is 12.9. The largest absolute Gasteiger partial charge is 0.330 e. The van der Waals surface area contributed by atoms with E-state index in [0.717, 1.165) is 6.07 Å². The van der Waals surface area contributed by atoms with Crippen molar-refractivity contribution in [3.63, 3.8) is 0 Å². The average Bonchev–Trinajstić information content (AvgIpc) is 2.83. The van der Waals surface area contributed by atoms with Crippen LogP contribution < -0.4 is 5.73 Å². The normalized spacial score (nSPS) is 23.4. The van der Waals surface area contributed by atoms with Crippen LogP contribution in [0.25, 0.3) is 0 Å². The standard InChI is InChI=1S/C13H19N3O4S/c1-10-3-4-11(7-12(10)16(17)18)21(19,20)15-6-5-13(2,8-14)9-15/h3-4,7H,5-6,8-9,14H2,1-2H3. The molecule has 1 aromatic rings. The molecule has 0 aromatic heterocycles. The van der Waals surface area contributed by atoms with Crippen LogP contribution >= 0.6 is 0 Å². The maximum atomic E-state index is 12.6. The fourth-order valence-corrected chi connectivity index (χ4v) is 4.06. The third-order valence-electron chi connectivity index (χ3n) is 4.03. The van der Waals surface area contributed by atoms with Crippen LogP contribution in [0.1, 0.15) is 18.9 Å². The molecule has 7 nitrogen and oxygen atoms in total. The Bertz CT molecular complexity index is 674. The van der Waals surface area contributed by atoms with E-state index in [0.29, 0.717) is 31.6 Å². The summed E-state index contributed by atoms with van der Waals surface area (Å²) >= 11 is 0. The topological polar surface area (TPSA) is 107 Å². The number of hydrogen-bond acceptors (Lipinski definition) is 5. The van der Waals surface area contributed by atoms with E-state index in [2.05, 4.69) is 0 Å². The molecule has 1 heterocycles. The van der Waals surface area contributed by atoms with Gasteiger partial charge in [0.25, 0.3) is 5.69 Å². The molecule has 21 heavy (non-hydrogen) atoms. The van der Waals surface area contributed by atoms with Gasteiger partial charge in [-0.25, -0.2) is 8.42 Å². The summed E-state index contributed by atoms with van der Waals surface area (Å²) < 4.78 is 26.5. The number of hydrogen-bond donors (Lipinski definition) is 1. The Hall–Kier alpha value is -1.51. The minimum absolute atomic E-state index is 0.0407. The second-order valence-corrected chi connectivity index (χ2v) is 7.75. The molecule has 0 aliphatic carbocycles. The molecule has 0 bridgehead atoms. The number of rotatable bonds is 4. The summed E-state index contributed by atoms with van der Waals surface area (Å²) in [7, 11) is -3.72. The summed E-state index contributed by atoms with van der Waals surface area (Å²) in [4.78, 5) is 10.3. The van der Waals surface area contributed by atoms with Crippen molar-refractivity contribution >= 4 is 15.7 Å². The van der Waals surface area contributed by atoms with E-state index < -0.39 is 14.9 Å². The molecule has 1 unspecified atom stereocenters. The van der Waals surface area contributed by atoms with Gasteiger partial charge in [-0.05, 0) is 31.4 Å². The molecule has 2 N–H and O–H groups in total. The smallest absolute Gasteiger partial charge is 0.273 e. The number of nitrogens with two attached hydrogens (primary N) is 1. The van der Waals surface area contributed by atoms with Crippen molar-refractivity contribution in [1.82, 2.24) is 4.31 Å². The Morgan fingerprint density at radius 2 is 2.14 bits per heavy atom. The Morgan fingerprint density at radius 1 is 1.48 bits per heavy atom. The summed E-state index contributed by atoms with van der Waals surface area (Å²) in [6.07, 6.45) is 0.691. The average molecular weight is 313 g/mol. The third kappa shape index (κ3) is 2.92. The van der Waals surface area contributed by atoms with Gasteiger partial charge in [0, 0.05) is 24.7 Å². The van der Waals surface area contributed by atoms with E-state index in [1.54, 1.807) is 6.92 Å². The first-order valence-electron chi connectivity index (χ1n) is 6.65. The van der Waals surface area contributed by atoms with Gasteiger partial charge < -0.3 is 5.73 Å². The van der Waals surface area contributed by atoms with E-state index >= 15 is 0 Å². The van der Waals surface area contributed by atoms with Gasteiger partial charge in [-0.15, -0.1) is 0 Å². The van der Waals surface area contributed by atoms with Crippen LogP contribution in [0.3, 0.4) is 0 Å². The molecule has 1 atom stereocenters. The number of aryl methyl sites for hydroxylation is 1. The summed E-state index contributed by atoms with van der Waals surface area (Å²) in [6.45, 7) is 4.66. The van der Waals surface area contributed by atoms with Crippen LogP contribution in [0.2, 0.25) is 0 Å². The van der Waals surface area contributed by atoms with E-state index in [1.807, 2.05) is 6.92 Å². The SMILES string of the molecule is Cc1ccc(S(=O)(=O)N2CCC(C)(CN)C2)cc1[N+](=O)[O-]. The number of nitro groups is 1. The third-order valence-corrected chi connectivity index (χ3v) is 5.87. The molecule has 0 saturated carbocycles. The molecule has 1 aliphatic heterocycles. The Balaban J connectivity index is 2.37. The number of sulfonamides is 1. The molecule has 0 spiro atoms. The number of nitrogens with zero attached hydrogens (tertiary/aromatic N) is 2. The van der Waals surface area contributed by atoms with Crippen molar-refractivity contribution in [3.8, 4) is 0 Å². The van der Waals surface area contributed by atoms with E-state index in [9.17, 15) is 18.5 Å². The summed E-state index contributed by atoms with van der Waals surface area (Å²) in [5.41, 5.74) is 5.71. The van der Waals surface area contributed by atoms with Crippen molar-refractivity contribution in [3.05, 3.63) is 33.9 Å². The van der Waals surface area contributed by atoms with E-state index in [4.69, 9.17) is 5.73 Å². The van der Waals surface area contributed by atoms with Crippen molar-refractivity contribution in [2.75, 3.05) is 19.6 Å². The van der Waals surface area contributed by atoms with Crippen LogP contribution in [0, 0.1) is 22.5 Å². The number of benzene rings is 1. The van der Waals surface area contributed by atoms with Crippen LogP contribution in [-0.2, 0) is 10.0 Å². The first-order chi connectivity index (χ1) is 9.69. The van der Waals surface area contributed by atoms with Gasteiger partial charge in [0.2, 0.25) is 10.0 Å². The molecule has 0 radical (unpaired) electrons. The Kier molecular flexibility index (Phi) is 4.05. The minimum Gasteiger partial charge on any atom is -0.330 e. The molecule has 1 aliphatic rings. The lowest BCUT2D eigenvalue weighted by molar-refractivity contribution is -0.385. The monoisotopic (exact) mass is 313 g/mol. The van der Waals surface area contributed by atoms with Gasteiger partial charge in [-0.2, -0.15) is 4.31 Å². The Labute approximate surface area is 123 Å². The second kappa shape index (κ2) is 5.36. The van der Waals surface area contributed by atoms with Gasteiger partial charge >= 0.3 is 0 Å². The predicted molar refractivity (Wildman–Crippen MR) is 78.4 cm³/mol. The molecule has 1 saturated heterocycles. The fourth-order valence-electron chi connectivity index (χ4n) is 2.45. The van der Waals surface area contributed by atoms with Crippen molar-refractivity contribution in [1.29, 1.82) is 0 Å². The molecule has 116 valence electrons. The van der Waals surface area contributed by atoms with Gasteiger partial charge in [0.15, 0.2) is 0 Å². The quantitative estimate of drug-likeness (QED) is 0.665. The molecular weight excluding hydrogens is 294 g/mol. The maximum Gasteiger partial charge on any atom is 0.273 e. The first kappa shape index (κ1) is 15.9. The van der Waals surface area contributed by atoms with Crippen LogP contribution in [0.15, 0.2) is 23.1 Å². The highest BCUT2D eigenvalue weighted by molar-refractivity contribution is 7.89. The highest BCUT2D eigenvalue weighted by Crippen LogP contribution is 2.33. The zero-order chi connectivity index (χ0) is 15.8. The van der Waals surface area contributed by atoms with Gasteiger partial charge in [-0.1, -0.05) is 13.0 Å². The first-order valence-corrected chi connectivity index (χ1v) is 8.09.